The zero-order chi connectivity index (χ0) is 9.54. The van der Waals surface area contributed by atoms with E-state index in [1.807, 2.05) is 18.2 Å². The maximum Gasteiger partial charge on any atom is 0.226 e. The van der Waals surface area contributed by atoms with Crippen molar-refractivity contribution >= 4 is 17.4 Å². The monoisotopic (exact) mass is 186 g/mol. The normalized spacial score (nSPS) is 23.6. The molecule has 2 aliphatic rings. The minimum absolute atomic E-state index is 0.0987. The third-order valence-corrected chi connectivity index (χ3v) is 2.78. The van der Waals surface area contributed by atoms with Crippen LogP contribution in [0.2, 0.25) is 0 Å². The zero-order valence-electron chi connectivity index (χ0n) is 7.66. The van der Waals surface area contributed by atoms with Gasteiger partial charge in [0.05, 0.1) is 5.69 Å². The number of nitrogens with zero attached hydrogens (tertiary/aromatic N) is 1. The van der Waals surface area contributed by atoms with E-state index in [0.717, 1.165) is 17.9 Å². The standard InChI is InChI=1S/C11H10N2O/c14-10-6-8-5-7-3-1-2-4-9(7)12-11(8)13-10/h1-4,8H,5-6H2,(H,12,13,14). The maximum atomic E-state index is 11.2. The molecule has 1 aromatic rings. The van der Waals surface area contributed by atoms with Crippen LogP contribution < -0.4 is 5.32 Å². The molecular formula is C11H10N2O. The number of amidine groups is 1. The first-order valence-electron chi connectivity index (χ1n) is 4.79. The van der Waals surface area contributed by atoms with Crippen molar-refractivity contribution in [1.82, 2.24) is 5.32 Å². The SMILES string of the molecule is O=C1CC2Cc3ccccc3N=C2N1. The van der Waals surface area contributed by atoms with E-state index >= 15 is 0 Å². The summed E-state index contributed by atoms with van der Waals surface area (Å²) in [6.07, 6.45) is 1.53. The summed E-state index contributed by atoms with van der Waals surface area (Å²) in [5, 5.41) is 2.81. The Morgan fingerprint density at radius 2 is 2.14 bits per heavy atom. The van der Waals surface area contributed by atoms with Gasteiger partial charge in [-0.25, -0.2) is 4.99 Å². The van der Waals surface area contributed by atoms with Crippen LogP contribution in [-0.2, 0) is 11.2 Å². The van der Waals surface area contributed by atoms with Gasteiger partial charge in [-0.15, -0.1) is 0 Å². The van der Waals surface area contributed by atoms with Crippen LogP contribution in [0.15, 0.2) is 29.3 Å². The number of benzene rings is 1. The molecule has 1 unspecified atom stereocenters. The van der Waals surface area contributed by atoms with Crippen LogP contribution in [0.4, 0.5) is 5.69 Å². The van der Waals surface area contributed by atoms with E-state index in [1.54, 1.807) is 0 Å². The van der Waals surface area contributed by atoms with Crippen molar-refractivity contribution in [2.45, 2.75) is 12.8 Å². The van der Waals surface area contributed by atoms with Crippen LogP contribution in [0.25, 0.3) is 0 Å². The second-order valence-corrected chi connectivity index (χ2v) is 3.78. The van der Waals surface area contributed by atoms with Crippen molar-refractivity contribution in [3.63, 3.8) is 0 Å². The first kappa shape index (κ1) is 7.74. The van der Waals surface area contributed by atoms with Gasteiger partial charge in [0.25, 0.3) is 0 Å². The van der Waals surface area contributed by atoms with Gasteiger partial charge >= 0.3 is 0 Å². The molecule has 0 spiro atoms. The number of carbonyl (C=O) groups is 1. The molecule has 1 amide bonds. The lowest BCUT2D eigenvalue weighted by molar-refractivity contribution is -0.118. The summed E-state index contributed by atoms with van der Waals surface area (Å²) >= 11 is 0. The molecule has 2 aliphatic heterocycles. The van der Waals surface area contributed by atoms with Gasteiger partial charge in [-0.3, -0.25) is 4.79 Å². The number of hydrogen-bond acceptors (Lipinski definition) is 2. The molecule has 0 aromatic heterocycles. The molecule has 1 atom stereocenters. The van der Waals surface area contributed by atoms with Crippen LogP contribution in [-0.4, -0.2) is 11.7 Å². The van der Waals surface area contributed by atoms with Crippen LogP contribution in [0.1, 0.15) is 12.0 Å². The largest absolute Gasteiger partial charge is 0.314 e. The fraction of sp³-hybridized carbons (Fsp3) is 0.273. The lowest BCUT2D eigenvalue weighted by Crippen LogP contribution is -2.25. The van der Waals surface area contributed by atoms with Crippen LogP contribution in [0.3, 0.4) is 0 Å². The lowest BCUT2D eigenvalue weighted by atomic mass is 9.94. The number of rotatable bonds is 0. The first-order chi connectivity index (χ1) is 6.83. The van der Waals surface area contributed by atoms with Crippen molar-refractivity contribution in [2.24, 2.45) is 10.9 Å². The number of nitrogens with one attached hydrogen (secondary N) is 1. The van der Waals surface area contributed by atoms with Crippen LogP contribution in [0, 0.1) is 5.92 Å². The molecule has 0 bridgehead atoms. The molecule has 1 fully saturated rings. The van der Waals surface area contributed by atoms with Crippen molar-refractivity contribution < 1.29 is 4.79 Å². The summed E-state index contributed by atoms with van der Waals surface area (Å²) in [5.41, 5.74) is 2.25. The van der Waals surface area contributed by atoms with E-state index < -0.39 is 0 Å². The Bertz CT molecular complexity index is 437. The summed E-state index contributed by atoms with van der Waals surface area (Å²) in [7, 11) is 0. The molecular weight excluding hydrogens is 176 g/mol. The number of amides is 1. The van der Waals surface area contributed by atoms with Crippen molar-refractivity contribution in [3.05, 3.63) is 29.8 Å². The molecule has 0 aliphatic carbocycles. The summed E-state index contributed by atoms with van der Waals surface area (Å²) in [6, 6.07) is 8.06. The van der Waals surface area contributed by atoms with Crippen molar-refractivity contribution in [1.29, 1.82) is 0 Å². The Morgan fingerprint density at radius 1 is 1.29 bits per heavy atom. The van der Waals surface area contributed by atoms with Gasteiger partial charge in [-0.2, -0.15) is 0 Å². The second-order valence-electron chi connectivity index (χ2n) is 3.78. The van der Waals surface area contributed by atoms with Gasteiger partial charge in [0.15, 0.2) is 0 Å². The minimum atomic E-state index is 0.0987. The highest BCUT2D eigenvalue weighted by Crippen LogP contribution is 2.31. The van der Waals surface area contributed by atoms with Crippen LogP contribution >= 0.6 is 0 Å². The fourth-order valence-electron chi connectivity index (χ4n) is 2.09. The van der Waals surface area contributed by atoms with Gasteiger partial charge in [0.1, 0.15) is 5.84 Å². The molecule has 0 saturated carbocycles. The molecule has 3 nitrogen and oxygen atoms in total. The Morgan fingerprint density at radius 3 is 3.07 bits per heavy atom. The predicted octanol–water partition coefficient (Wildman–Crippen LogP) is 1.41. The number of aliphatic imine (C=N–C) groups is 1. The van der Waals surface area contributed by atoms with Crippen molar-refractivity contribution in [2.75, 3.05) is 0 Å². The van der Waals surface area contributed by atoms with Gasteiger partial charge in [-0.1, -0.05) is 18.2 Å². The predicted molar refractivity (Wildman–Crippen MR) is 53.5 cm³/mol. The summed E-state index contributed by atoms with van der Waals surface area (Å²) in [4.78, 5) is 15.6. The van der Waals surface area contributed by atoms with E-state index in [0.29, 0.717) is 6.42 Å². The van der Waals surface area contributed by atoms with Gasteiger partial charge in [-0.05, 0) is 18.1 Å². The maximum absolute atomic E-state index is 11.2. The number of fused-ring (bicyclic) bond motifs is 2. The molecule has 1 N–H and O–H groups in total. The van der Waals surface area contributed by atoms with Gasteiger partial charge < -0.3 is 5.32 Å². The Balaban J connectivity index is 2.07. The van der Waals surface area contributed by atoms with Gasteiger partial charge in [0.2, 0.25) is 5.91 Å². The Labute approximate surface area is 81.9 Å². The third kappa shape index (κ3) is 1.05. The lowest BCUT2D eigenvalue weighted by Gasteiger charge is -2.17. The molecule has 1 aromatic carbocycles. The number of carbonyl (C=O) groups excluding carboxylic acids is 1. The molecule has 1 saturated heterocycles. The quantitative estimate of drug-likeness (QED) is 0.654. The Kier molecular flexibility index (Phi) is 1.48. The van der Waals surface area contributed by atoms with E-state index in [9.17, 15) is 4.79 Å². The zero-order valence-corrected chi connectivity index (χ0v) is 7.66. The number of para-hydroxylation sites is 1. The molecule has 3 rings (SSSR count). The summed E-state index contributed by atoms with van der Waals surface area (Å²) in [5.74, 6) is 1.24. The summed E-state index contributed by atoms with van der Waals surface area (Å²) in [6.45, 7) is 0. The van der Waals surface area contributed by atoms with E-state index in [1.165, 1.54) is 5.56 Å². The average molecular weight is 186 g/mol. The van der Waals surface area contributed by atoms with E-state index in [2.05, 4.69) is 16.4 Å². The van der Waals surface area contributed by atoms with Crippen LogP contribution in [0.5, 0.6) is 0 Å². The van der Waals surface area contributed by atoms with E-state index in [4.69, 9.17) is 0 Å². The highest BCUT2D eigenvalue weighted by molar-refractivity contribution is 6.08. The van der Waals surface area contributed by atoms with E-state index in [-0.39, 0.29) is 11.8 Å². The van der Waals surface area contributed by atoms with Crippen molar-refractivity contribution in [3.8, 4) is 0 Å². The second kappa shape index (κ2) is 2.67. The third-order valence-electron chi connectivity index (χ3n) is 2.78. The average Bonchev–Trinajstić information content (AvgIpc) is 2.53. The smallest absolute Gasteiger partial charge is 0.226 e. The topological polar surface area (TPSA) is 41.5 Å². The molecule has 2 heterocycles. The van der Waals surface area contributed by atoms with Gasteiger partial charge in [0, 0.05) is 12.3 Å². The fourth-order valence-corrected chi connectivity index (χ4v) is 2.09. The molecule has 70 valence electrons. The first-order valence-corrected chi connectivity index (χ1v) is 4.79. The highest BCUT2D eigenvalue weighted by Gasteiger charge is 2.31. The summed E-state index contributed by atoms with van der Waals surface area (Å²) < 4.78 is 0. The molecule has 14 heavy (non-hydrogen) atoms. The Hall–Kier alpha value is -1.64. The minimum Gasteiger partial charge on any atom is -0.314 e. The highest BCUT2D eigenvalue weighted by atomic mass is 16.2. The molecule has 3 heteroatoms. The molecule has 0 radical (unpaired) electrons. The number of hydrogen-bond donors (Lipinski definition) is 1.